The van der Waals surface area contributed by atoms with Gasteiger partial charge in [0.25, 0.3) is 0 Å². The molecule has 0 aliphatic rings. The largest absolute Gasteiger partial charge is 0.496 e. The van der Waals surface area contributed by atoms with Gasteiger partial charge in [-0.25, -0.2) is 4.98 Å². The van der Waals surface area contributed by atoms with Crippen LogP contribution in [0.15, 0.2) is 24.3 Å². The van der Waals surface area contributed by atoms with Gasteiger partial charge >= 0.3 is 0 Å². The third-order valence-corrected chi connectivity index (χ3v) is 3.58. The van der Waals surface area contributed by atoms with Gasteiger partial charge in [0, 0.05) is 12.1 Å². The number of hydrogen-bond donors (Lipinski definition) is 1. The van der Waals surface area contributed by atoms with Crippen LogP contribution in [0.25, 0.3) is 11.3 Å². The second kappa shape index (κ2) is 6.95. The molecule has 114 valence electrons. The van der Waals surface area contributed by atoms with Crippen LogP contribution in [0.2, 0.25) is 0 Å². The second-order valence-corrected chi connectivity index (χ2v) is 5.27. The van der Waals surface area contributed by atoms with Gasteiger partial charge < -0.3 is 10.1 Å². The molecular weight excluding hydrogens is 274 g/mol. The maximum absolute atomic E-state index is 9.20. The highest BCUT2D eigenvalue weighted by Crippen LogP contribution is 2.30. The summed E-state index contributed by atoms with van der Waals surface area (Å²) in [6, 6.07) is 9.99. The summed E-state index contributed by atoms with van der Waals surface area (Å²) in [4.78, 5) is 4.63. The lowest BCUT2D eigenvalue weighted by Crippen LogP contribution is -2.05. The van der Waals surface area contributed by atoms with E-state index in [-0.39, 0.29) is 0 Å². The number of aromatic nitrogens is 1. The van der Waals surface area contributed by atoms with Crippen LogP contribution in [0, 0.1) is 25.2 Å². The number of ether oxygens (including phenoxy) is 1. The van der Waals surface area contributed by atoms with Crippen LogP contribution in [-0.2, 0) is 0 Å². The van der Waals surface area contributed by atoms with Crippen molar-refractivity contribution in [1.82, 2.24) is 4.98 Å². The summed E-state index contributed by atoms with van der Waals surface area (Å²) in [6.07, 6.45) is 0.984. The van der Waals surface area contributed by atoms with E-state index < -0.39 is 0 Å². The van der Waals surface area contributed by atoms with E-state index in [2.05, 4.69) is 29.4 Å². The zero-order chi connectivity index (χ0) is 16.1. The first-order valence-electron chi connectivity index (χ1n) is 7.41. The average Bonchev–Trinajstić information content (AvgIpc) is 2.54. The summed E-state index contributed by atoms with van der Waals surface area (Å²) in [7, 11) is 1.67. The normalized spacial score (nSPS) is 10.1. The molecule has 1 aromatic heterocycles. The molecule has 0 bridgehead atoms. The summed E-state index contributed by atoms with van der Waals surface area (Å²) in [5.74, 6) is 1.52. The molecule has 0 aliphatic carbocycles. The monoisotopic (exact) mass is 295 g/mol. The SMILES string of the molecule is CCCNc1nc(-c2cc(C)c(OC)cc2C)ccc1C#N. The Morgan fingerprint density at radius 2 is 2.00 bits per heavy atom. The van der Waals surface area contributed by atoms with E-state index in [1.807, 2.05) is 32.0 Å². The van der Waals surface area contributed by atoms with E-state index in [1.54, 1.807) is 7.11 Å². The average molecular weight is 295 g/mol. The molecule has 2 rings (SSSR count). The van der Waals surface area contributed by atoms with Crippen molar-refractivity contribution in [3.63, 3.8) is 0 Å². The van der Waals surface area contributed by atoms with Crippen molar-refractivity contribution in [2.24, 2.45) is 0 Å². The predicted octanol–water partition coefficient (Wildman–Crippen LogP) is 4.07. The van der Waals surface area contributed by atoms with Crippen LogP contribution in [0.5, 0.6) is 5.75 Å². The van der Waals surface area contributed by atoms with Crippen LogP contribution < -0.4 is 10.1 Å². The van der Waals surface area contributed by atoms with Gasteiger partial charge in [0.05, 0.1) is 18.4 Å². The Morgan fingerprint density at radius 1 is 1.23 bits per heavy atom. The Balaban J connectivity index is 2.49. The first-order valence-corrected chi connectivity index (χ1v) is 7.41. The van der Waals surface area contributed by atoms with E-state index in [9.17, 15) is 5.26 Å². The molecule has 4 heteroatoms. The minimum absolute atomic E-state index is 0.570. The van der Waals surface area contributed by atoms with Crippen LogP contribution in [0.3, 0.4) is 0 Å². The molecule has 0 aliphatic heterocycles. The predicted molar refractivity (Wildman–Crippen MR) is 89.2 cm³/mol. The second-order valence-electron chi connectivity index (χ2n) is 5.27. The minimum Gasteiger partial charge on any atom is -0.496 e. The van der Waals surface area contributed by atoms with Crippen molar-refractivity contribution in [1.29, 1.82) is 5.26 Å². The highest BCUT2D eigenvalue weighted by molar-refractivity contribution is 5.69. The van der Waals surface area contributed by atoms with E-state index in [1.165, 1.54) is 0 Å². The molecule has 0 atom stereocenters. The summed E-state index contributed by atoms with van der Waals surface area (Å²) < 4.78 is 5.35. The molecule has 0 amide bonds. The van der Waals surface area contributed by atoms with Gasteiger partial charge in [0.1, 0.15) is 17.6 Å². The zero-order valence-corrected chi connectivity index (χ0v) is 13.5. The number of nitrogens with zero attached hydrogens (tertiary/aromatic N) is 2. The maximum Gasteiger partial charge on any atom is 0.144 e. The number of nitrogens with one attached hydrogen (secondary N) is 1. The Labute approximate surface area is 131 Å². The van der Waals surface area contributed by atoms with Gasteiger partial charge in [-0.05, 0) is 55.7 Å². The van der Waals surface area contributed by atoms with E-state index in [0.29, 0.717) is 11.4 Å². The molecule has 0 spiro atoms. The highest BCUT2D eigenvalue weighted by atomic mass is 16.5. The standard InChI is InChI=1S/C18H21N3O/c1-5-8-20-18-14(11-19)6-7-16(21-18)15-9-13(3)17(22-4)10-12(15)2/h6-7,9-10H,5,8H2,1-4H3,(H,20,21). The lowest BCUT2D eigenvalue weighted by Gasteiger charge is -2.13. The van der Waals surface area contributed by atoms with Crippen LogP contribution in [-0.4, -0.2) is 18.6 Å². The van der Waals surface area contributed by atoms with Crippen molar-refractivity contribution in [3.05, 3.63) is 41.0 Å². The van der Waals surface area contributed by atoms with Crippen molar-refractivity contribution < 1.29 is 4.74 Å². The molecule has 1 N–H and O–H groups in total. The number of rotatable bonds is 5. The lowest BCUT2D eigenvalue weighted by atomic mass is 10.0. The number of aryl methyl sites for hydroxylation is 2. The molecule has 4 nitrogen and oxygen atoms in total. The lowest BCUT2D eigenvalue weighted by molar-refractivity contribution is 0.411. The van der Waals surface area contributed by atoms with Gasteiger partial charge in [0.2, 0.25) is 0 Å². The molecule has 0 saturated heterocycles. The summed E-state index contributed by atoms with van der Waals surface area (Å²) >= 11 is 0. The minimum atomic E-state index is 0.570. The molecule has 22 heavy (non-hydrogen) atoms. The molecule has 0 unspecified atom stereocenters. The zero-order valence-electron chi connectivity index (χ0n) is 13.5. The third-order valence-electron chi connectivity index (χ3n) is 3.58. The van der Waals surface area contributed by atoms with Gasteiger partial charge in [-0.2, -0.15) is 5.26 Å². The fourth-order valence-electron chi connectivity index (χ4n) is 2.36. The molecule has 2 aromatic rings. The summed E-state index contributed by atoms with van der Waals surface area (Å²) in [6.45, 7) is 6.93. The third kappa shape index (κ3) is 3.20. The first-order chi connectivity index (χ1) is 10.6. The molecular formula is C18H21N3O. The van der Waals surface area contributed by atoms with Gasteiger partial charge in [-0.15, -0.1) is 0 Å². The number of hydrogen-bond acceptors (Lipinski definition) is 4. The summed E-state index contributed by atoms with van der Waals surface area (Å²) in [5, 5.41) is 12.4. The van der Waals surface area contributed by atoms with E-state index >= 15 is 0 Å². The van der Waals surface area contributed by atoms with Gasteiger partial charge in [-0.1, -0.05) is 6.92 Å². The molecule has 0 fully saturated rings. The topological polar surface area (TPSA) is 57.9 Å². The summed E-state index contributed by atoms with van der Waals surface area (Å²) in [5.41, 5.74) is 4.65. The van der Waals surface area contributed by atoms with Crippen LogP contribution >= 0.6 is 0 Å². The van der Waals surface area contributed by atoms with Crippen LogP contribution in [0.1, 0.15) is 30.0 Å². The molecule has 0 saturated carbocycles. The number of benzene rings is 1. The Bertz CT molecular complexity index is 717. The van der Waals surface area contributed by atoms with E-state index in [0.717, 1.165) is 41.1 Å². The van der Waals surface area contributed by atoms with Gasteiger partial charge in [-0.3, -0.25) is 0 Å². The first kappa shape index (κ1) is 15.8. The number of methoxy groups -OCH3 is 1. The smallest absolute Gasteiger partial charge is 0.144 e. The van der Waals surface area contributed by atoms with E-state index in [4.69, 9.17) is 4.74 Å². The Morgan fingerprint density at radius 3 is 2.64 bits per heavy atom. The van der Waals surface area contributed by atoms with Crippen molar-refractivity contribution in [2.45, 2.75) is 27.2 Å². The fourth-order valence-corrected chi connectivity index (χ4v) is 2.36. The van der Waals surface area contributed by atoms with Crippen molar-refractivity contribution in [2.75, 3.05) is 19.0 Å². The molecule has 1 heterocycles. The fraction of sp³-hybridized carbons (Fsp3) is 0.333. The van der Waals surface area contributed by atoms with Gasteiger partial charge in [0.15, 0.2) is 0 Å². The Kier molecular flexibility index (Phi) is 5.00. The number of pyridine rings is 1. The number of nitriles is 1. The quantitative estimate of drug-likeness (QED) is 0.903. The van der Waals surface area contributed by atoms with Crippen molar-refractivity contribution in [3.8, 4) is 23.1 Å². The molecule has 1 aromatic carbocycles. The number of anilines is 1. The van der Waals surface area contributed by atoms with Crippen molar-refractivity contribution >= 4 is 5.82 Å². The maximum atomic E-state index is 9.20. The Hall–Kier alpha value is -2.54. The van der Waals surface area contributed by atoms with Crippen LogP contribution in [0.4, 0.5) is 5.82 Å². The highest BCUT2D eigenvalue weighted by Gasteiger charge is 2.11. The molecule has 0 radical (unpaired) electrons.